The second-order valence-corrected chi connectivity index (χ2v) is 6.35. The van der Waals surface area contributed by atoms with Gasteiger partial charge in [0.15, 0.2) is 0 Å². The molecular formula is C18H16N4O3S. The van der Waals surface area contributed by atoms with Crippen LogP contribution in [0.5, 0.6) is 0 Å². The molecule has 3 aromatic rings. The number of rotatable bonds is 6. The Hall–Kier alpha value is -3.26. The molecule has 1 amide bonds. The van der Waals surface area contributed by atoms with Gasteiger partial charge in [0.1, 0.15) is 16.7 Å². The Labute approximate surface area is 153 Å². The molecule has 0 fully saturated rings. The lowest BCUT2D eigenvalue weighted by molar-refractivity contribution is -0.384. The SMILES string of the molecule is CNC(=O)c1ccc(NC(c2ccccc2)c2nccs2)c([N+](=O)[O-])c1. The Morgan fingerprint density at radius 2 is 2.00 bits per heavy atom. The predicted molar refractivity (Wildman–Crippen MR) is 101 cm³/mol. The first-order chi connectivity index (χ1) is 12.6. The van der Waals surface area contributed by atoms with Crippen LogP contribution in [0.1, 0.15) is 27.0 Å². The topological polar surface area (TPSA) is 97.2 Å². The van der Waals surface area contributed by atoms with E-state index in [0.717, 1.165) is 10.6 Å². The average molecular weight is 368 g/mol. The average Bonchev–Trinajstić information content (AvgIpc) is 3.20. The van der Waals surface area contributed by atoms with Crippen molar-refractivity contribution < 1.29 is 9.72 Å². The summed E-state index contributed by atoms with van der Waals surface area (Å²) in [6, 6.07) is 13.6. The predicted octanol–water partition coefficient (Wildman–Crippen LogP) is 3.61. The summed E-state index contributed by atoms with van der Waals surface area (Å²) >= 11 is 1.46. The van der Waals surface area contributed by atoms with Gasteiger partial charge >= 0.3 is 0 Å². The molecule has 8 heteroatoms. The van der Waals surface area contributed by atoms with Gasteiger partial charge < -0.3 is 10.6 Å². The van der Waals surface area contributed by atoms with E-state index in [4.69, 9.17) is 0 Å². The fourth-order valence-electron chi connectivity index (χ4n) is 2.56. The summed E-state index contributed by atoms with van der Waals surface area (Å²) in [4.78, 5) is 27.1. The molecule has 7 nitrogen and oxygen atoms in total. The molecule has 0 saturated carbocycles. The van der Waals surface area contributed by atoms with E-state index < -0.39 is 4.92 Å². The van der Waals surface area contributed by atoms with Gasteiger partial charge in [0.25, 0.3) is 11.6 Å². The van der Waals surface area contributed by atoms with Crippen molar-refractivity contribution in [3.05, 3.63) is 86.4 Å². The molecule has 0 aliphatic heterocycles. The van der Waals surface area contributed by atoms with E-state index in [-0.39, 0.29) is 23.2 Å². The van der Waals surface area contributed by atoms with Crippen molar-refractivity contribution in [1.29, 1.82) is 0 Å². The van der Waals surface area contributed by atoms with Gasteiger partial charge in [-0.15, -0.1) is 11.3 Å². The zero-order chi connectivity index (χ0) is 18.5. The van der Waals surface area contributed by atoms with Crippen LogP contribution in [0, 0.1) is 10.1 Å². The second kappa shape index (κ2) is 7.75. The molecule has 0 aliphatic carbocycles. The number of benzene rings is 2. The maximum atomic E-state index is 11.8. The molecule has 3 rings (SSSR count). The molecule has 2 N–H and O–H groups in total. The van der Waals surface area contributed by atoms with Crippen LogP contribution in [0.15, 0.2) is 60.1 Å². The summed E-state index contributed by atoms with van der Waals surface area (Å²) in [6.07, 6.45) is 1.70. The Morgan fingerprint density at radius 1 is 1.23 bits per heavy atom. The summed E-state index contributed by atoms with van der Waals surface area (Å²) in [5.74, 6) is -0.376. The fraction of sp³-hybridized carbons (Fsp3) is 0.111. The zero-order valence-corrected chi connectivity index (χ0v) is 14.7. The lowest BCUT2D eigenvalue weighted by Gasteiger charge is -2.18. The Balaban J connectivity index is 2.01. The first-order valence-electron chi connectivity index (χ1n) is 7.81. The number of carbonyl (C=O) groups is 1. The summed E-state index contributed by atoms with van der Waals surface area (Å²) in [7, 11) is 1.48. The van der Waals surface area contributed by atoms with Crippen molar-refractivity contribution in [2.75, 3.05) is 12.4 Å². The van der Waals surface area contributed by atoms with Crippen LogP contribution in [-0.4, -0.2) is 22.9 Å². The van der Waals surface area contributed by atoms with Crippen LogP contribution in [0.25, 0.3) is 0 Å². The highest BCUT2D eigenvalue weighted by Crippen LogP contribution is 2.33. The minimum atomic E-state index is -0.501. The number of nitrogens with one attached hydrogen (secondary N) is 2. The van der Waals surface area contributed by atoms with Gasteiger partial charge in [-0.1, -0.05) is 30.3 Å². The van der Waals surface area contributed by atoms with Gasteiger partial charge in [-0.2, -0.15) is 0 Å². The molecule has 1 unspecified atom stereocenters. The van der Waals surface area contributed by atoms with Crippen molar-refractivity contribution >= 4 is 28.6 Å². The summed E-state index contributed by atoms with van der Waals surface area (Å²) < 4.78 is 0. The standard InChI is InChI=1S/C18H16N4O3S/c1-19-17(23)13-7-8-14(15(11-13)22(24)25)21-16(18-20-9-10-26-18)12-5-3-2-4-6-12/h2-11,16,21H,1H3,(H,19,23). The van der Waals surface area contributed by atoms with Gasteiger partial charge in [0.05, 0.1) is 4.92 Å². The van der Waals surface area contributed by atoms with Gasteiger partial charge in [-0.25, -0.2) is 4.98 Å². The first-order valence-corrected chi connectivity index (χ1v) is 8.69. The maximum Gasteiger partial charge on any atom is 0.293 e. The Kier molecular flexibility index (Phi) is 5.23. The largest absolute Gasteiger partial charge is 0.366 e. The molecule has 0 radical (unpaired) electrons. The van der Waals surface area contributed by atoms with E-state index in [1.165, 1.54) is 24.5 Å². The molecule has 0 spiro atoms. The summed E-state index contributed by atoms with van der Waals surface area (Å²) in [6.45, 7) is 0. The van der Waals surface area contributed by atoms with E-state index in [0.29, 0.717) is 5.69 Å². The molecule has 0 saturated heterocycles. The van der Waals surface area contributed by atoms with E-state index in [1.54, 1.807) is 18.3 Å². The number of anilines is 1. The van der Waals surface area contributed by atoms with Crippen molar-refractivity contribution in [3.63, 3.8) is 0 Å². The van der Waals surface area contributed by atoms with Crippen LogP contribution >= 0.6 is 11.3 Å². The quantitative estimate of drug-likeness (QED) is 0.512. The number of nitrogens with zero attached hydrogens (tertiary/aromatic N) is 2. The number of carbonyl (C=O) groups excluding carboxylic acids is 1. The number of thiazole rings is 1. The zero-order valence-electron chi connectivity index (χ0n) is 13.9. The summed E-state index contributed by atoms with van der Waals surface area (Å²) in [5, 5.41) is 19.8. The number of nitro benzene ring substituents is 1. The monoisotopic (exact) mass is 368 g/mol. The highest BCUT2D eigenvalue weighted by atomic mass is 32.1. The van der Waals surface area contributed by atoms with Crippen molar-refractivity contribution in [2.24, 2.45) is 0 Å². The van der Waals surface area contributed by atoms with E-state index >= 15 is 0 Å². The minimum absolute atomic E-state index is 0.163. The second-order valence-electron chi connectivity index (χ2n) is 5.43. The molecular weight excluding hydrogens is 352 g/mol. The highest BCUT2D eigenvalue weighted by Gasteiger charge is 2.23. The third kappa shape index (κ3) is 3.70. The third-order valence-corrected chi connectivity index (χ3v) is 4.66. The van der Waals surface area contributed by atoms with Crippen molar-refractivity contribution in [3.8, 4) is 0 Å². The lowest BCUT2D eigenvalue weighted by Crippen LogP contribution is -2.18. The molecule has 1 heterocycles. The number of nitro groups is 1. The van der Waals surface area contributed by atoms with Crippen molar-refractivity contribution in [2.45, 2.75) is 6.04 Å². The molecule has 0 bridgehead atoms. The minimum Gasteiger partial charge on any atom is -0.366 e. The van der Waals surface area contributed by atoms with E-state index in [9.17, 15) is 14.9 Å². The molecule has 2 aromatic carbocycles. The third-order valence-electron chi connectivity index (χ3n) is 3.81. The molecule has 26 heavy (non-hydrogen) atoms. The van der Waals surface area contributed by atoms with Crippen LogP contribution in [0.3, 0.4) is 0 Å². The maximum absolute atomic E-state index is 11.8. The molecule has 1 atom stereocenters. The molecule has 132 valence electrons. The number of hydrogen-bond donors (Lipinski definition) is 2. The van der Waals surface area contributed by atoms with E-state index in [2.05, 4.69) is 15.6 Å². The van der Waals surface area contributed by atoms with Crippen LogP contribution < -0.4 is 10.6 Å². The van der Waals surface area contributed by atoms with Gasteiger partial charge in [-0.05, 0) is 17.7 Å². The first kappa shape index (κ1) is 17.6. The smallest absolute Gasteiger partial charge is 0.293 e. The van der Waals surface area contributed by atoms with Crippen LogP contribution in [-0.2, 0) is 0 Å². The van der Waals surface area contributed by atoms with Crippen LogP contribution in [0.4, 0.5) is 11.4 Å². The normalized spacial score (nSPS) is 11.6. The fourth-order valence-corrected chi connectivity index (χ4v) is 3.27. The lowest BCUT2D eigenvalue weighted by atomic mass is 10.1. The van der Waals surface area contributed by atoms with Crippen LogP contribution in [0.2, 0.25) is 0 Å². The summed E-state index contributed by atoms with van der Waals surface area (Å²) in [5.41, 5.74) is 1.33. The molecule has 1 aromatic heterocycles. The van der Waals surface area contributed by atoms with Gasteiger partial charge in [0, 0.05) is 30.3 Å². The molecule has 0 aliphatic rings. The van der Waals surface area contributed by atoms with Crippen molar-refractivity contribution in [1.82, 2.24) is 10.3 Å². The highest BCUT2D eigenvalue weighted by molar-refractivity contribution is 7.09. The number of aromatic nitrogens is 1. The number of hydrogen-bond acceptors (Lipinski definition) is 6. The van der Waals surface area contributed by atoms with Gasteiger partial charge in [0.2, 0.25) is 0 Å². The van der Waals surface area contributed by atoms with E-state index in [1.807, 2.05) is 35.7 Å². The number of amides is 1. The Bertz CT molecular complexity index is 913. The Morgan fingerprint density at radius 3 is 2.62 bits per heavy atom. The van der Waals surface area contributed by atoms with Gasteiger partial charge in [-0.3, -0.25) is 14.9 Å².